The summed E-state index contributed by atoms with van der Waals surface area (Å²) in [5.41, 5.74) is 5.63. The highest BCUT2D eigenvalue weighted by Crippen LogP contribution is 2.33. The van der Waals surface area contributed by atoms with Gasteiger partial charge in [0.2, 0.25) is 11.7 Å². The van der Waals surface area contributed by atoms with Crippen LogP contribution in [0.2, 0.25) is 0 Å². The van der Waals surface area contributed by atoms with Gasteiger partial charge >= 0.3 is 0 Å². The van der Waals surface area contributed by atoms with Crippen LogP contribution in [0.15, 0.2) is 47.0 Å². The Labute approximate surface area is 205 Å². The summed E-state index contributed by atoms with van der Waals surface area (Å²) in [6, 6.07) is 9.23. The number of ketones is 1. The van der Waals surface area contributed by atoms with Crippen molar-refractivity contribution >= 4 is 17.6 Å². The summed E-state index contributed by atoms with van der Waals surface area (Å²) in [5.74, 6) is -1.65. The third kappa shape index (κ3) is 5.57. The molecule has 2 amide bonds. The second-order valence-electron chi connectivity index (χ2n) is 8.44. The molecule has 1 aliphatic carbocycles. The second kappa shape index (κ2) is 10.6. The smallest absolute Gasteiger partial charge is 0.268 e. The van der Waals surface area contributed by atoms with Crippen molar-refractivity contribution in [1.29, 1.82) is 0 Å². The quantitative estimate of drug-likeness (QED) is 0.342. The third-order valence-corrected chi connectivity index (χ3v) is 5.76. The topological polar surface area (TPSA) is 158 Å². The minimum absolute atomic E-state index is 0.0913. The van der Waals surface area contributed by atoms with Crippen molar-refractivity contribution in [2.24, 2.45) is 11.7 Å². The van der Waals surface area contributed by atoms with Gasteiger partial charge in [-0.2, -0.15) is 4.98 Å². The van der Waals surface area contributed by atoms with Crippen LogP contribution in [0, 0.1) is 11.7 Å². The van der Waals surface area contributed by atoms with Gasteiger partial charge in [-0.1, -0.05) is 18.1 Å². The first-order chi connectivity index (χ1) is 17.3. The van der Waals surface area contributed by atoms with Crippen LogP contribution < -0.4 is 15.8 Å². The van der Waals surface area contributed by atoms with Crippen molar-refractivity contribution in [3.05, 3.63) is 65.3 Å². The number of hydrogen-bond acceptors (Lipinski definition) is 8. The fourth-order valence-corrected chi connectivity index (χ4v) is 3.52. The van der Waals surface area contributed by atoms with E-state index in [0.29, 0.717) is 17.7 Å². The number of amides is 2. The highest BCUT2D eigenvalue weighted by molar-refractivity contribution is 5.99. The first kappa shape index (κ1) is 25.0. The van der Waals surface area contributed by atoms with Crippen LogP contribution in [0.1, 0.15) is 58.9 Å². The standard InChI is InChI=1S/C25H25FN4O6/c1-2-20(35-16-8-5-14(6-9-16)21(32)13-3-4-13)25-29-23(30-36-25)15-7-10-17(18(26)11-15)24(34)28-19(12-31)22(27)33/h5-11,13,19-20,31H,2-4,12H2,1H3,(H2,27,33)(H,28,34). The number of carbonyl (C=O) groups is 3. The van der Waals surface area contributed by atoms with Crippen LogP contribution in [-0.4, -0.2) is 45.5 Å². The fourth-order valence-electron chi connectivity index (χ4n) is 3.52. The summed E-state index contributed by atoms with van der Waals surface area (Å²) < 4.78 is 25.9. The Morgan fingerprint density at radius 3 is 2.53 bits per heavy atom. The lowest BCUT2D eigenvalue weighted by Crippen LogP contribution is -2.47. The van der Waals surface area contributed by atoms with Crippen LogP contribution in [0.4, 0.5) is 4.39 Å². The molecule has 1 saturated carbocycles. The van der Waals surface area contributed by atoms with Crippen LogP contribution in [0.25, 0.3) is 11.4 Å². The largest absolute Gasteiger partial charge is 0.481 e. The average Bonchev–Trinajstić information content (AvgIpc) is 3.61. The van der Waals surface area contributed by atoms with E-state index in [0.717, 1.165) is 18.9 Å². The summed E-state index contributed by atoms with van der Waals surface area (Å²) in [6.45, 7) is 1.16. The summed E-state index contributed by atoms with van der Waals surface area (Å²) in [5, 5.41) is 15.2. The monoisotopic (exact) mass is 496 g/mol. The molecule has 2 aromatic carbocycles. The summed E-state index contributed by atoms with van der Waals surface area (Å²) in [7, 11) is 0. The maximum Gasteiger partial charge on any atom is 0.268 e. The van der Waals surface area contributed by atoms with E-state index in [1.54, 1.807) is 24.3 Å². The number of primary amides is 1. The number of benzene rings is 2. The number of carbonyl (C=O) groups excluding carboxylic acids is 3. The minimum Gasteiger partial charge on any atom is -0.481 e. The molecule has 36 heavy (non-hydrogen) atoms. The van der Waals surface area contributed by atoms with Gasteiger partial charge in [-0.25, -0.2) is 4.39 Å². The van der Waals surface area contributed by atoms with Crippen molar-refractivity contribution in [3.63, 3.8) is 0 Å². The Balaban J connectivity index is 1.45. The molecule has 3 aromatic rings. The summed E-state index contributed by atoms with van der Waals surface area (Å²) in [4.78, 5) is 39.9. The molecule has 4 N–H and O–H groups in total. The third-order valence-electron chi connectivity index (χ3n) is 5.76. The molecule has 1 aromatic heterocycles. The first-order valence-corrected chi connectivity index (χ1v) is 11.5. The number of hydrogen-bond donors (Lipinski definition) is 3. The molecule has 0 saturated heterocycles. The van der Waals surface area contributed by atoms with Gasteiger partial charge in [0, 0.05) is 17.0 Å². The predicted molar refractivity (Wildman–Crippen MR) is 124 cm³/mol. The van der Waals surface area contributed by atoms with E-state index in [4.69, 9.17) is 20.1 Å². The molecular weight excluding hydrogens is 471 g/mol. The van der Waals surface area contributed by atoms with E-state index in [1.165, 1.54) is 12.1 Å². The predicted octanol–water partition coefficient (Wildman–Crippen LogP) is 2.57. The molecule has 1 fully saturated rings. The Bertz CT molecular complexity index is 1270. The Morgan fingerprint density at radius 1 is 1.22 bits per heavy atom. The molecule has 0 spiro atoms. The number of nitrogens with one attached hydrogen (secondary N) is 1. The van der Waals surface area contributed by atoms with Crippen molar-refractivity contribution in [2.45, 2.75) is 38.3 Å². The number of rotatable bonds is 11. The number of aliphatic hydroxyl groups is 1. The van der Waals surface area contributed by atoms with Crippen LogP contribution in [0.5, 0.6) is 5.75 Å². The molecule has 1 heterocycles. The fraction of sp³-hybridized carbons (Fsp3) is 0.320. The molecule has 0 bridgehead atoms. The zero-order valence-corrected chi connectivity index (χ0v) is 19.4. The summed E-state index contributed by atoms with van der Waals surface area (Å²) in [6.07, 6.45) is 1.81. The normalized spacial score (nSPS) is 14.6. The zero-order chi connectivity index (χ0) is 25.8. The highest BCUT2D eigenvalue weighted by atomic mass is 19.1. The van der Waals surface area contributed by atoms with E-state index < -0.39 is 36.4 Å². The van der Waals surface area contributed by atoms with Crippen LogP contribution in [0.3, 0.4) is 0 Å². The van der Waals surface area contributed by atoms with Crippen LogP contribution in [-0.2, 0) is 4.79 Å². The van der Waals surface area contributed by atoms with Crippen molar-refractivity contribution in [3.8, 4) is 17.1 Å². The van der Waals surface area contributed by atoms with Gasteiger partial charge in [0.05, 0.1) is 12.2 Å². The van der Waals surface area contributed by atoms with Gasteiger partial charge in [-0.05, 0) is 55.7 Å². The van der Waals surface area contributed by atoms with Gasteiger partial charge in [0.1, 0.15) is 17.6 Å². The van der Waals surface area contributed by atoms with E-state index >= 15 is 0 Å². The molecule has 1 aliphatic rings. The summed E-state index contributed by atoms with van der Waals surface area (Å²) >= 11 is 0. The maximum atomic E-state index is 14.6. The molecule has 0 aliphatic heterocycles. The lowest BCUT2D eigenvalue weighted by molar-refractivity contribution is -0.120. The molecule has 2 unspecified atom stereocenters. The number of nitrogens with zero attached hydrogens (tertiary/aromatic N) is 2. The molecule has 11 heteroatoms. The van der Waals surface area contributed by atoms with E-state index in [9.17, 15) is 18.8 Å². The molecule has 2 atom stereocenters. The number of halogens is 1. The molecule has 188 valence electrons. The number of Topliss-reactive ketones (excluding diaryl/α,β-unsaturated/α-hetero) is 1. The zero-order valence-electron chi connectivity index (χ0n) is 19.4. The van der Waals surface area contributed by atoms with E-state index in [1.807, 2.05) is 6.92 Å². The lowest BCUT2D eigenvalue weighted by Gasteiger charge is -2.14. The van der Waals surface area contributed by atoms with Crippen molar-refractivity contribution in [2.75, 3.05) is 6.61 Å². The minimum atomic E-state index is -1.34. The molecule has 0 radical (unpaired) electrons. The first-order valence-electron chi connectivity index (χ1n) is 11.5. The van der Waals surface area contributed by atoms with Crippen LogP contribution >= 0.6 is 0 Å². The Morgan fingerprint density at radius 2 is 1.94 bits per heavy atom. The van der Waals surface area contributed by atoms with E-state index in [2.05, 4.69) is 15.5 Å². The van der Waals surface area contributed by atoms with Gasteiger partial charge < -0.3 is 25.4 Å². The number of aromatic nitrogens is 2. The van der Waals surface area contributed by atoms with Gasteiger partial charge in [-0.3, -0.25) is 14.4 Å². The van der Waals surface area contributed by atoms with Crippen molar-refractivity contribution in [1.82, 2.24) is 15.5 Å². The van der Waals surface area contributed by atoms with Crippen molar-refractivity contribution < 1.29 is 33.1 Å². The molecule has 4 rings (SSSR count). The molecular formula is C25H25FN4O6. The van der Waals surface area contributed by atoms with Gasteiger partial charge in [0.15, 0.2) is 11.9 Å². The van der Waals surface area contributed by atoms with Gasteiger partial charge in [0.25, 0.3) is 11.8 Å². The molecule has 10 nitrogen and oxygen atoms in total. The van der Waals surface area contributed by atoms with Gasteiger partial charge in [-0.15, -0.1) is 0 Å². The number of ether oxygens (including phenoxy) is 1. The lowest BCUT2D eigenvalue weighted by atomic mass is 10.1. The average molecular weight is 496 g/mol. The Kier molecular flexibility index (Phi) is 7.39. The second-order valence-corrected chi connectivity index (χ2v) is 8.44. The maximum absolute atomic E-state index is 14.6. The SMILES string of the molecule is CCC(Oc1ccc(C(=O)C2CC2)cc1)c1nc(-c2ccc(C(=O)NC(CO)C(N)=O)c(F)c2)no1. The Hall–Kier alpha value is -4.12. The number of aliphatic hydroxyl groups excluding tert-OH is 1. The highest BCUT2D eigenvalue weighted by Gasteiger charge is 2.30. The van der Waals surface area contributed by atoms with E-state index in [-0.39, 0.29) is 34.5 Å². The number of nitrogens with two attached hydrogens (primary N) is 1.